The third kappa shape index (κ3) is 4.23. The lowest BCUT2D eigenvalue weighted by atomic mass is 9.89. The van der Waals surface area contributed by atoms with Crippen LogP contribution in [-0.4, -0.2) is 66.3 Å². The first-order chi connectivity index (χ1) is 11.5. The van der Waals surface area contributed by atoms with Crippen LogP contribution in [0.1, 0.15) is 52.4 Å². The fourth-order valence-corrected chi connectivity index (χ4v) is 4.87. The van der Waals surface area contributed by atoms with Crippen molar-refractivity contribution in [2.75, 3.05) is 39.3 Å². The molecule has 0 aromatic heterocycles. The number of nitrogens with zero attached hydrogens (tertiary/aromatic N) is 2. The van der Waals surface area contributed by atoms with Crippen molar-refractivity contribution >= 4 is 6.03 Å². The molecule has 0 aromatic rings. The van der Waals surface area contributed by atoms with Gasteiger partial charge in [-0.1, -0.05) is 20.3 Å². The van der Waals surface area contributed by atoms with Gasteiger partial charge in [0.15, 0.2) is 0 Å². The van der Waals surface area contributed by atoms with E-state index in [4.69, 9.17) is 0 Å². The summed E-state index contributed by atoms with van der Waals surface area (Å²) in [4.78, 5) is 16.9. The summed E-state index contributed by atoms with van der Waals surface area (Å²) in [5, 5.41) is 12.3. The maximum absolute atomic E-state index is 12.3. The average molecular weight is 338 g/mol. The Kier molecular flexibility index (Phi) is 5.70. The number of piperazine rings is 1. The van der Waals surface area contributed by atoms with Crippen molar-refractivity contribution in [3.63, 3.8) is 0 Å². The molecule has 2 bridgehead atoms. The van der Waals surface area contributed by atoms with E-state index in [1.54, 1.807) is 0 Å². The number of urea groups is 1. The first kappa shape index (κ1) is 18.0. The number of aliphatic hydroxyl groups excluding tert-OH is 1. The van der Waals surface area contributed by atoms with Crippen molar-refractivity contribution in [2.24, 2.45) is 17.3 Å². The molecule has 2 saturated carbocycles. The molecular weight excluding hydrogens is 302 g/mol. The molecule has 3 atom stereocenters. The number of carbonyl (C=O) groups is 1. The summed E-state index contributed by atoms with van der Waals surface area (Å²) in [6, 6.07) is 0.888. The summed E-state index contributed by atoms with van der Waals surface area (Å²) in [6.45, 7) is 8.83. The summed E-state index contributed by atoms with van der Waals surface area (Å²) in [5.41, 5.74) is -0.0446. The lowest BCUT2D eigenvalue weighted by Crippen LogP contribution is -2.55. The minimum absolute atomic E-state index is 0.0446. The van der Waals surface area contributed by atoms with E-state index in [0.717, 1.165) is 56.9 Å². The highest BCUT2D eigenvalue weighted by Gasteiger charge is 2.42. The number of carbonyl (C=O) groups excluding carboxylic acids is 1. The number of amides is 2. The molecule has 1 heterocycles. The van der Waals surface area contributed by atoms with Gasteiger partial charge in [-0.3, -0.25) is 4.90 Å². The highest BCUT2D eigenvalue weighted by Crippen LogP contribution is 2.46. The maximum Gasteiger partial charge on any atom is 0.317 e. The molecule has 3 rings (SSSR count). The van der Waals surface area contributed by atoms with Gasteiger partial charge in [0.1, 0.15) is 0 Å². The van der Waals surface area contributed by atoms with Gasteiger partial charge < -0.3 is 15.3 Å². The summed E-state index contributed by atoms with van der Waals surface area (Å²) >= 11 is 0. The molecular formula is C19H35N3O2. The summed E-state index contributed by atoms with van der Waals surface area (Å²) in [6.07, 6.45) is 7.59. The van der Waals surface area contributed by atoms with Gasteiger partial charge in [0.05, 0.1) is 0 Å². The number of aliphatic hydroxyl groups is 1. The Morgan fingerprint density at radius 3 is 2.50 bits per heavy atom. The van der Waals surface area contributed by atoms with E-state index >= 15 is 0 Å². The van der Waals surface area contributed by atoms with Crippen LogP contribution >= 0.6 is 0 Å². The smallest absolute Gasteiger partial charge is 0.317 e. The van der Waals surface area contributed by atoms with Gasteiger partial charge in [-0.05, 0) is 49.4 Å². The highest BCUT2D eigenvalue weighted by atomic mass is 16.3. The third-order valence-electron chi connectivity index (χ3n) is 6.51. The van der Waals surface area contributed by atoms with Gasteiger partial charge >= 0.3 is 6.03 Å². The van der Waals surface area contributed by atoms with E-state index in [1.165, 1.54) is 25.7 Å². The predicted molar refractivity (Wildman–Crippen MR) is 95.9 cm³/mol. The SMILES string of the molecule is CC(C)(CO)CCCNC(=O)N1CCN([C@@H]2C[C@H]3CC[C@H]2C3)CC1. The summed E-state index contributed by atoms with van der Waals surface area (Å²) in [5.74, 6) is 1.93. The summed E-state index contributed by atoms with van der Waals surface area (Å²) < 4.78 is 0. The maximum atomic E-state index is 12.3. The first-order valence-electron chi connectivity index (χ1n) is 9.86. The second-order valence-electron chi connectivity index (χ2n) is 8.92. The topological polar surface area (TPSA) is 55.8 Å². The number of nitrogens with one attached hydrogen (secondary N) is 1. The van der Waals surface area contributed by atoms with Gasteiger partial charge in [-0.15, -0.1) is 0 Å². The van der Waals surface area contributed by atoms with Crippen LogP contribution in [-0.2, 0) is 0 Å². The molecule has 3 aliphatic rings. The molecule has 5 nitrogen and oxygen atoms in total. The van der Waals surface area contributed by atoms with Crippen LogP contribution in [0.4, 0.5) is 4.79 Å². The highest BCUT2D eigenvalue weighted by molar-refractivity contribution is 5.74. The molecule has 0 aromatic carbocycles. The van der Waals surface area contributed by atoms with Crippen molar-refractivity contribution < 1.29 is 9.90 Å². The molecule has 2 amide bonds. The van der Waals surface area contributed by atoms with E-state index < -0.39 is 0 Å². The van der Waals surface area contributed by atoms with Gasteiger partial charge in [-0.2, -0.15) is 0 Å². The zero-order valence-electron chi connectivity index (χ0n) is 15.5. The number of hydrogen-bond donors (Lipinski definition) is 2. The normalized spacial score (nSPS) is 30.8. The molecule has 0 radical (unpaired) electrons. The third-order valence-corrected chi connectivity index (χ3v) is 6.51. The van der Waals surface area contributed by atoms with Crippen LogP contribution in [0.25, 0.3) is 0 Å². The Bertz CT molecular complexity index is 432. The van der Waals surface area contributed by atoms with Gasteiger partial charge in [0.25, 0.3) is 0 Å². The van der Waals surface area contributed by atoms with E-state index in [0.29, 0.717) is 6.54 Å². The Labute approximate surface area is 146 Å². The first-order valence-corrected chi connectivity index (χ1v) is 9.86. The molecule has 1 saturated heterocycles. The van der Waals surface area contributed by atoms with E-state index in [1.807, 2.05) is 4.90 Å². The fourth-order valence-electron chi connectivity index (χ4n) is 4.87. The van der Waals surface area contributed by atoms with Crippen LogP contribution in [0.15, 0.2) is 0 Å². The lowest BCUT2D eigenvalue weighted by Gasteiger charge is -2.41. The minimum Gasteiger partial charge on any atom is -0.396 e. The second-order valence-corrected chi connectivity index (χ2v) is 8.92. The number of hydrogen-bond acceptors (Lipinski definition) is 3. The molecule has 138 valence electrons. The van der Waals surface area contributed by atoms with Crippen LogP contribution in [0.2, 0.25) is 0 Å². The average Bonchev–Trinajstić information content (AvgIpc) is 3.22. The molecule has 2 aliphatic carbocycles. The van der Waals surface area contributed by atoms with Gasteiger partial charge in [0.2, 0.25) is 0 Å². The molecule has 24 heavy (non-hydrogen) atoms. The quantitative estimate of drug-likeness (QED) is 0.731. The van der Waals surface area contributed by atoms with Crippen LogP contribution in [0.5, 0.6) is 0 Å². The minimum atomic E-state index is -0.0446. The zero-order chi connectivity index (χ0) is 17.2. The number of rotatable bonds is 6. The van der Waals surface area contributed by atoms with E-state index in [9.17, 15) is 9.90 Å². The van der Waals surface area contributed by atoms with Crippen molar-refractivity contribution in [1.82, 2.24) is 15.1 Å². The van der Waals surface area contributed by atoms with E-state index in [2.05, 4.69) is 24.1 Å². The monoisotopic (exact) mass is 337 g/mol. The van der Waals surface area contributed by atoms with Gasteiger partial charge in [0, 0.05) is 45.4 Å². The van der Waals surface area contributed by atoms with Crippen molar-refractivity contribution in [3.05, 3.63) is 0 Å². The van der Waals surface area contributed by atoms with Crippen molar-refractivity contribution in [2.45, 2.75) is 58.4 Å². The second kappa shape index (κ2) is 7.61. The summed E-state index contributed by atoms with van der Waals surface area (Å²) in [7, 11) is 0. The molecule has 0 unspecified atom stereocenters. The van der Waals surface area contributed by atoms with Crippen LogP contribution in [0.3, 0.4) is 0 Å². The predicted octanol–water partition coefficient (Wildman–Crippen LogP) is 2.30. The lowest BCUT2D eigenvalue weighted by molar-refractivity contribution is 0.0825. The Morgan fingerprint density at radius 1 is 1.17 bits per heavy atom. The molecule has 0 spiro atoms. The fraction of sp³-hybridized carbons (Fsp3) is 0.947. The van der Waals surface area contributed by atoms with Crippen LogP contribution < -0.4 is 5.32 Å². The van der Waals surface area contributed by atoms with Crippen LogP contribution in [0, 0.1) is 17.3 Å². The Morgan fingerprint density at radius 2 is 1.92 bits per heavy atom. The van der Waals surface area contributed by atoms with Crippen molar-refractivity contribution in [1.29, 1.82) is 0 Å². The molecule has 3 fully saturated rings. The molecule has 5 heteroatoms. The zero-order valence-corrected chi connectivity index (χ0v) is 15.5. The van der Waals surface area contributed by atoms with Gasteiger partial charge in [-0.25, -0.2) is 4.79 Å². The number of fused-ring (bicyclic) bond motifs is 2. The largest absolute Gasteiger partial charge is 0.396 e. The molecule has 1 aliphatic heterocycles. The molecule has 2 N–H and O–H groups in total. The Hall–Kier alpha value is -0.810. The van der Waals surface area contributed by atoms with E-state index in [-0.39, 0.29) is 18.1 Å². The standard InChI is InChI=1S/C19H35N3O2/c1-19(2,14-23)6-3-7-20-18(24)22-10-8-21(9-11-22)17-13-15-4-5-16(17)12-15/h15-17,23H,3-14H2,1-2H3,(H,20,24)/t15-,16-,17+/m0/s1. The Balaban J connectivity index is 1.33. The van der Waals surface area contributed by atoms with Crippen molar-refractivity contribution in [3.8, 4) is 0 Å².